The largest absolute Gasteiger partial charge is 0.492 e. The van der Waals surface area contributed by atoms with Gasteiger partial charge < -0.3 is 15.8 Å². The van der Waals surface area contributed by atoms with Crippen molar-refractivity contribution in [2.45, 2.75) is 13.0 Å². The summed E-state index contributed by atoms with van der Waals surface area (Å²) in [5, 5.41) is 2.85. The molecule has 0 bridgehead atoms. The highest BCUT2D eigenvalue weighted by Crippen LogP contribution is 2.09. The second-order valence-electron chi connectivity index (χ2n) is 4.66. The smallest absolute Gasteiger partial charge is 0.224 e. The molecule has 0 saturated heterocycles. The van der Waals surface area contributed by atoms with E-state index in [2.05, 4.69) is 5.32 Å². The van der Waals surface area contributed by atoms with E-state index in [1.165, 1.54) is 0 Å². The van der Waals surface area contributed by atoms with Crippen LogP contribution in [0, 0.1) is 0 Å². The highest BCUT2D eigenvalue weighted by atomic mass is 16.5. The highest BCUT2D eigenvalue weighted by molar-refractivity contribution is 5.78. The lowest BCUT2D eigenvalue weighted by Gasteiger charge is -2.09. The Morgan fingerprint density at radius 3 is 2.38 bits per heavy atom. The molecule has 4 nitrogen and oxygen atoms in total. The molecular weight excluding hydrogens is 264 g/mol. The minimum atomic E-state index is -0.0208. The van der Waals surface area contributed by atoms with E-state index < -0.39 is 0 Å². The average Bonchev–Trinajstić information content (AvgIpc) is 2.53. The van der Waals surface area contributed by atoms with E-state index >= 15 is 0 Å². The van der Waals surface area contributed by atoms with E-state index in [0.29, 0.717) is 26.1 Å². The minimum absolute atomic E-state index is 0.0208. The fraction of sp³-hybridized carbons (Fsp3) is 0.235. The summed E-state index contributed by atoms with van der Waals surface area (Å²) in [6.07, 6.45) is 0.346. The van der Waals surface area contributed by atoms with Gasteiger partial charge in [-0.15, -0.1) is 0 Å². The van der Waals surface area contributed by atoms with Crippen molar-refractivity contribution in [2.24, 2.45) is 5.73 Å². The molecule has 0 aromatic heterocycles. The van der Waals surface area contributed by atoms with Gasteiger partial charge in [0.1, 0.15) is 12.4 Å². The first-order valence-electron chi connectivity index (χ1n) is 7.01. The van der Waals surface area contributed by atoms with Gasteiger partial charge in [0.25, 0.3) is 0 Å². The molecular formula is C17H20N2O2. The van der Waals surface area contributed by atoms with E-state index in [1.54, 1.807) is 0 Å². The zero-order valence-electron chi connectivity index (χ0n) is 11.9. The Labute approximate surface area is 124 Å². The minimum Gasteiger partial charge on any atom is -0.492 e. The lowest BCUT2D eigenvalue weighted by atomic mass is 10.0. The van der Waals surface area contributed by atoms with Crippen LogP contribution in [0.2, 0.25) is 0 Å². The summed E-state index contributed by atoms with van der Waals surface area (Å²) in [4.78, 5) is 11.9. The summed E-state index contributed by atoms with van der Waals surface area (Å²) >= 11 is 0. The third kappa shape index (κ3) is 4.93. The standard InChI is InChI=1S/C17H20N2O2/c18-13-15-7-5-4-6-14(15)12-17(20)19-10-11-21-16-8-2-1-3-9-16/h1-9H,10-13,18H2,(H,19,20). The van der Waals surface area contributed by atoms with Gasteiger partial charge in [-0.1, -0.05) is 42.5 Å². The molecule has 0 heterocycles. The SMILES string of the molecule is NCc1ccccc1CC(=O)NCCOc1ccccc1. The summed E-state index contributed by atoms with van der Waals surface area (Å²) in [7, 11) is 0. The zero-order valence-corrected chi connectivity index (χ0v) is 11.9. The van der Waals surface area contributed by atoms with Crippen LogP contribution >= 0.6 is 0 Å². The Hall–Kier alpha value is -2.33. The maximum atomic E-state index is 11.9. The van der Waals surface area contributed by atoms with Crippen molar-refractivity contribution < 1.29 is 9.53 Å². The monoisotopic (exact) mass is 284 g/mol. The first-order valence-corrected chi connectivity index (χ1v) is 7.01. The normalized spacial score (nSPS) is 10.1. The lowest BCUT2D eigenvalue weighted by Crippen LogP contribution is -2.29. The van der Waals surface area contributed by atoms with Crippen LogP contribution in [0.15, 0.2) is 54.6 Å². The van der Waals surface area contributed by atoms with E-state index in [4.69, 9.17) is 10.5 Å². The molecule has 2 rings (SSSR count). The predicted molar refractivity (Wildman–Crippen MR) is 83.0 cm³/mol. The number of benzene rings is 2. The Morgan fingerprint density at radius 2 is 1.67 bits per heavy atom. The lowest BCUT2D eigenvalue weighted by molar-refractivity contribution is -0.120. The van der Waals surface area contributed by atoms with Crippen LogP contribution in [-0.4, -0.2) is 19.1 Å². The van der Waals surface area contributed by atoms with Gasteiger partial charge in [-0.2, -0.15) is 0 Å². The van der Waals surface area contributed by atoms with Gasteiger partial charge in [-0.3, -0.25) is 4.79 Å². The van der Waals surface area contributed by atoms with Gasteiger partial charge in [0.15, 0.2) is 0 Å². The second kappa shape index (κ2) is 8.07. The Morgan fingerprint density at radius 1 is 1.00 bits per heavy atom. The maximum Gasteiger partial charge on any atom is 0.224 e. The molecule has 21 heavy (non-hydrogen) atoms. The van der Waals surface area contributed by atoms with E-state index in [9.17, 15) is 4.79 Å². The molecule has 4 heteroatoms. The van der Waals surface area contributed by atoms with Crippen LogP contribution in [0.3, 0.4) is 0 Å². The van der Waals surface area contributed by atoms with E-state index in [0.717, 1.165) is 16.9 Å². The molecule has 2 aromatic carbocycles. The molecule has 0 atom stereocenters. The number of hydrogen-bond acceptors (Lipinski definition) is 3. The van der Waals surface area contributed by atoms with Crippen molar-refractivity contribution in [1.29, 1.82) is 0 Å². The van der Waals surface area contributed by atoms with Crippen LogP contribution in [0.5, 0.6) is 5.75 Å². The van der Waals surface area contributed by atoms with Gasteiger partial charge >= 0.3 is 0 Å². The van der Waals surface area contributed by atoms with Crippen molar-refractivity contribution in [2.75, 3.05) is 13.2 Å². The summed E-state index contributed by atoms with van der Waals surface area (Å²) < 4.78 is 5.52. The number of rotatable bonds is 7. The summed E-state index contributed by atoms with van der Waals surface area (Å²) in [5.41, 5.74) is 7.64. The third-order valence-electron chi connectivity index (χ3n) is 3.13. The number of amides is 1. The van der Waals surface area contributed by atoms with Gasteiger partial charge in [0.2, 0.25) is 5.91 Å². The number of carbonyl (C=O) groups excluding carboxylic acids is 1. The molecule has 0 aliphatic rings. The molecule has 0 saturated carbocycles. The molecule has 110 valence electrons. The Balaban J connectivity index is 1.72. The topological polar surface area (TPSA) is 64.4 Å². The molecule has 1 amide bonds. The van der Waals surface area contributed by atoms with Gasteiger partial charge in [-0.25, -0.2) is 0 Å². The predicted octanol–water partition coefficient (Wildman–Crippen LogP) is 1.88. The Bertz CT molecular complexity index is 570. The number of carbonyl (C=O) groups is 1. The number of ether oxygens (including phenoxy) is 1. The molecule has 0 aliphatic heterocycles. The molecule has 0 unspecified atom stereocenters. The van der Waals surface area contributed by atoms with E-state index in [1.807, 2.05) is 54.6 Å². The molecule has 3 N–H and O–H groups in total. The second-order valence-corrected chi connectivity index (χ2v) is 4.66. The molecule has 0 fully saturated rings. The molecule has 0 aliphatic carbocycles. The number of hydrogen-bond donors (Lipinski definition) is 2. The van der Waals surface area contributed by atoms with Crippen molar-refractivity contribution >= 4 is 5.91 Å². The molecule has 0 radical (unpaired) electrons. The number of nitrogens with one attached hydrogen (secondary N) is 1. The molecule has 2 aromatic rings. The van der Waals surface area contributed by atoms with E-state index in [-0.39, 0.29) is 5.91 Å². The fourth-order valence-electron chi connectivity index (χ4n) is 2.04. The van der Waals surface area contributed by atoms with Gasteiger partial charge in [0, 0.05) is 6.54 Å². The van der Waals surface area contributed by atoms with Crippen LogP contribution in [-0.2, 0) is 17.8 Å². The highest BCUT2D eigenvalue weighted by Gasteiger charge is 2.06. The van der Waals surface area contributed by atoms with Crippen molar-refractivity contribution in [3.63, 3.8) is 0 Å². The van der Waals surface area contributed by atoms with Crippen LogP contribution < -0.4 is 15.8 Å². The first-order chi connectivity index (χ1) is 10.3. The summed E-state index contributed by atoms with van der Waals surface area (Å²) in [6.45, 7) is 1.38. The van der Waals surface area contributed by atoms with Gasteiger partial charge in [-0.05, 0) is 23.3 Å². The van der Waals surface area contributed by atoms with Crippen LogP contribution in [0.1, 0.15) is 11.1 Å². The van der Waals surface area contributed by atoms with Crippen LogP contribution in [0.25, 0.3) is 0 Å². The van der Waals surface area contributed by atoms with Crippen molar-refractivity contribution in [1.82, 2.24) is 5.32 Å². The average molecular weight is 284 g/mol. The summed E-state index contributed by atoms with van der Waals surface area (Å²) in [6, 6.07) is 17.3. The number of nitrogens with two attached hydrogens (primary N) is 1. The maximum absolute atomic E-state index is 11.9. The van der Waals surface area contributed by atoms with Crippen molar-refractivity contribution in [3.05, 3.63) is 65.7 Å². The quantitative estimate of drug-likeness (QED) is 0.763. The first kappa shape index (κ1) is 15.1. The van der Waals surface area contributed by atoms with Gasteiger partial charge in [0.05, 0.1) is 13.0 Å². The Kier molecular flexibility index (Phi) is 5.79. The zero-order chi connectivity index (χ0) is 14.9. The molecule has 0 spiro atoms. The van der Waals surface area contributed by atoms with Crippen molar-refractivity contribution in [3.8, 4) is 5.75 Å². The summed E-state index contributed by atoms with van der Waals surface area (Å²) in [5.74, 6) is 0.785. The third-order valence-corrected chi connectivity index (χ3v) is 3.13. The fourth-order valence-corrected chi connectivity index (χ4v) is 2.04. The number of para-hydroxylation sites is 1. The van der Waals surface area contributed by atoms with Crippen LogP contribution in [0.4, 0.5) is 0 Å².